The van der Waals surface area contributed by atoms with Gasteiger partial charge in [0, 0.05) is 23.3 Å². The first kappa shape index (κ1) is 22.8. The minimum absolute atomic E-state index is 0.132. The molecule has 1 spiro atoms. The quantitative estimate of drug-likeness (QED) is 0.470. The molecule has 4 rings (SSSR count). The van der Waals surface area contributed by atoms with Crippen molar-refractivity contribution in [3.63, 3.8) is 0 Å². The Morgan fingerprint density at radius 1 is 1.03 bits per heavy atom. The van der Waals surface area contributed by atoms with E-state index in [2.05, 4.69) is 23.1 Å². The van der Waals surface area contributed by atoms with Crippen molar-refractivity contribution < 1.29 is 17.9 Å². The lowest BCUT2D eigenvalue weighted by atomic mass is 9.68. The Balaban J connectivity index is 1.64. The summed E-state index contributed by atoms with van der Waals surface area (Å²) in [5, 5.41) is 0. The fraction of sp³-hybridized carbons (Fsp3) is 0.481. The molecule has 5 heteroatoms. The SMILES string of the molecule is C/C=C1/N(CCc2ccc(OC(C)C)cc2)c2ccc(C(F)(F)F)cc2C12CCCCC2. The maximum atomic E-state index is 13.5. The predicted octanol–water partition coefficient (Wildman–Crippen LogP) is 7.66. The normalized spacial score (nSPS) is 19.1. The molecule has 0 bridgehead atoms. The molecule has 0 unspecified atom stereocenters. The molecule has 1 fully saturated rings. The highest BCUT2D eigenvalue weighted by molar-refractivity contribution is 5.72. The van der Waals surface area contributed by atoms with Crippen molar-refractivity contribution in [1.82, 2.24) is 0 Å². The van der Waals surface area contributed by atoms with E-state index in [1.54, 1.807) is 6.07 Å². The van der Waals surface area contributed by atoms with Crippen LogP contribution in [0.2, 0.25) is 0 Å². The van der Waals surface area contributed by atoms with Gasteiger partial charge in [0.05, 0.1) is 11.7 Å². The van der Waals surface area contributed by atoms with Crippen LogP contribution in [0.4, 0.5) is 18.9 Å². The Labute approximate surface area is 189 Å². The first-order valence-corrected chi connectivity index (χ1v) is 11.7. The Morgan fingerprint density at radius 3 is 2.31 bits per heavy atom. The monoisotopic (exact) mass is 443 g/mol. The van der Waals surface area contributed by atoms with Crippen molar-refractivity contribution in [3.05, 3.63) is 70.9 Å². The number of fused-ring (bicyclic) bond motifs is 2. The second kappa shape index (κ2) is 8.84. The minimum atomic E-state index is -4.33. The number of benzene rings is 2. The molecular formula is C27H32F3NO. The molecule has 2 aromatic rings. The number of alkyl halides is 3. The molecule has 32 heavy (non-hydrogen) atoms. The van der Waals surface area contributed by atoms with E-state index in [4.69, 9.17) is 4.74 Å². The van der Waals surface area contributed by atoms with Gasteiger partial charge in [0.25, 0.3) is 0 Å². The van der Waals surface area contributed by atoms with Crippen LogP contribution in [-0.2, 0) is 18.0 Å². The van der Waals surface area contributed by atoms with E-state index >= 15 is 0 Å². The summed E-state index contributed by atoms with van der Waals surface area (Å²) in [7, 11) is 0. The molecule has 0 N–H and O–H groups in total. The summed E-state index contributed by atoms with van der Waals surface area (Å²) >= 11 is 0. The summed E-state index contributed by atoms with van der Waals surface area (Å²) in [6.45, 7) is 6.77. The number of hydrogen-bond acceptors (Lipinski definition) is 2. The van der Waals surface area contributed by atoms with Crippen LogP contribution in [0.3, 0.4) is 0 Å². The summed E-state index contributed by atoms with van der Waals surface area (Å²) in [5.74, 6) is 0.852. The number of anilines is 1. The lowest BCUT2D eigenvalue weighted by Crippen LogP contribution is -2.34. The van der Waals surface area contributed by atoms with Gasteiger partial charge >= 0.3 is 6.18 Å². The first-order valence-electron chi connectivity index (χ1n) is 11.7. The van der Waals surface area contributed by atoms with Gasteiger partial charge in [-0.2, -0.15) is 13.2 Å². The third-order valence-electron chi connectivity index (χ3n) is 6.81. The highest BCUT2D eigenvalue weighted by Crippen LogP contribution is 2.56. The zero-order valence-electron chi connectivity index (χ0n) is 19.1. The molecule has 1 aliphatic heterocycles. The van der Waals surface area contributed by atoms with Crippen molar-refractivity contribution in [2.45, 2.75) is 77.0 Å². The van der Waals surface area contributed by atoms with Gasteiger partial charge in [-0.3, -0.25) is 0 Å². The maximum absolute atomic E-state index is 13.5. The highest BCUT2D eigenvalue weighted by Gasteiger charge is 2.48. The van der Waals surface area contributed by atoms with Gasteiger partial charge in [-0.1, -0.05) is 37.5 Å². The second-order valence-electron chi connectivity index (χ2n) is 9.26. The second-order valence-corrected chi connectivity index (χ2v) is 9.26. The number of halogens is 3. The van der Waals surface area contributed by atoms with Crippen molar-refractivity contribution in [2.75, 3.05) is 11.4 Å². The molecule has 0 atom stereocenters. The lowest BCUT2D eigenvalue weighted by Gasteiger charge is -2.37. The Kier molecular flexibility index (Phi) is 6.28. The summed E-state index contributed by atoms with van der Waals surface area (Å²) in [6, 6.07) is 12.5. The summed E-state index contributed by atoms with van der Waals surface area (Å²) in [5.41, 5.74) is 3.33. The number of rotatable bonds is 5. The van der Waals surface area contributed by atoms with Crippen LogP contribution in [0, 0.1) is 0 Å². The van der Waals surface area contributed by atoms with Crippen LogP contribution in [0.15, 0.2) is 54.2 Å². The molecule has 0 saturated heterocycles. The standard InChI is InChI=1S/C27H32F3NO/c1-4-25-26(15-6-5-7-16-26)23-18-21(27(28,29)30)10-13-24(23)31(25)17-14-20-8-11-22(12-9-20)32-19(2)3/h4,8-13,18-19H,5-7,14-17H2,1-3H3/b25-4+. The van der Waals surface area contributed by atoms with Crippen molar-refractivity contribution in [3.8, 4) is 5.75 Å². The third kappa shape index (κ3) is 4.26. The number of ether oxygens (including phenoxy) is 1. The molecular weight excluding hydrogens is 411 g/mol. The number of nitrogens with zero attached hydrogens (tertiary/aromatic N) is 1. The molecule has 2 aromatic carbocycles. The molecule has 2 aliphatic rings. The number of allylic oxidation sites excluding steroid dienone is 2. The zero-order valence-corrected chi connectivity index (χ0v) is 19.1. The fourth-order valence-electron chi connectivity index (χ4n) is 5.46. The Morgan fingerprint density at radius 2 is 1.72 bits per heavy atom. The maximum Gasteiger partial charge on any atom is 0.416 e. The van der Waals surface area contributed by atoms with Gasteiger partial charge < -0.3 is 9.64 Å². The molecule has 0 radical (unpaired) electrons. The molecule has 0 aromatic heterocycles. The van der Waals surface area contributed by atoms with Crippen LogP contribution in [0.5, 0.6) is 5.75 Å². The first-order chi connectivity index (χ1) is 15.2. The summed E-state index contributed by atoms with van der Waals surface area (Å²) < 4.78 is 46.3. The smallest absolute Gasteiger partial charge is 0.416 e. The predicted molar refractivity (Wildman–Crippen MR) is 123 cm³/mol. The van der Waals surface area contributed by atoms with E-state index in [0.29, 0.717) is 0 Å². The van der Waals surface area contributed by atoms with Crippen molar-refractivity contribution >= 4 is 5.69 Å². The van der Waals surface area contributed by atoms with E-state index in [-0.39, 0.29) is 11.5 Å². The van der Waals surface area contributed by atoms with Gasteiger partial charge in [-0.05, 0) is 81.5 Å². The molecule has 2 nitrogen and oxygen atoms in total. The van der Waals surface area contributed by atoms with Gasteiger partial charge in [-0.25, -0.2) is 0 Å². The topological polar surface area (TPSA) is 12.5 Å². The van der Waals surface area contributed by atoms with Crippen LogP contribution in [0.1, 0.15) is 69.6 Å². The summed E-state index contributed by atoms with van der Waals surface area (Å²) in [6.07, 6.45) is 3.83. The largest absolute Gasteiger partial charge is 0.491 e. The average Bonchev–Trinajstić information content (AvgIpc) is 3.00. The zero-order chi connectivity index (χ0) is 22.9. The highest BCUT2D eigenvalue weighted by atomic mass is 19.4. The van der Waals surface area contributed by atoms with Gasteiger partial charge in [0.1, 0.15) is 5.75 Å². The van der Waals surface area contributed by atoms with Gasteiger partial charge in [-0.15, -0.1) is 0 Å². The Hall–Kier alpha value is -2.43. The molecule has 1 saturated carbocycles. The molecule has 1 aliphatic carbocycles. The van der Waals surface area contributed by atoms with Crippen LogP contribution in [-0.4, -0.2) is 12.6 Å². The van der Waals surface area contributed by atoms with Crippen LogP contribution < -0.4 is 9.64 Å². The van der Waals surface area contributed by atoms with Crippen molar-refractivity contribution in [1.29, 1.82) is 0 Å². The molecule has 0 amide bonds. The van der Waals surface area contributed by atoms with Gasteiger partial charge in [0.15, 0.2) is 0 Å². The Bertz CT molecular complexity index is 969. The van der Waals surface area contributed by atoms with Crippen LogP contribution in [0.25, 0.3) is 0 Å². The van der Waals surface area contributed by atoms with Gasteiger partial charge in [0.2, 0.25) is 0 Å². The number of hydrogen-bond donors (Lipinski definition) is 0. The van der Waals surface area contributed by atoms with Crippen molar-refractivity contribution in [2.24, 2.45) is 0 Å². The lowest BCUT2D eigenvalue weighted by molar-refractivity contribution is -0.137. The fourth-order valence-corrected chi connectivity index (χ4v) is 5.46. The molecule has 172 valence electrons. The summed E-state index contributed by atoms with van der Waals surface area (Å²) in [4.78, 5) is 2.26. The average molecular weight is 444 g/mol. The minimum Gasteiger partial charge on any atom is -0.491 e. The van der Waals surface area contributed by atoms with E-state index in [9.17, 15) is 13.2 Å². The third-order valence-corrected chi connectivity index (χ3v) is 6.81. The van der Waals surface area contributed by atoms with Crippen LogP contribution >= 0.6 is 0 Å². The van der Waals surface area contributed by atoms with E-state index < -0.39 is 11.7 Å². The van der Waals surface area contributed by atoms with E-state index in [1.807, 2.05) is 32.9 Å². The van der Waals surface area contributed by atoms with E-state index in [1.165, 1.54) is 23.4 Å². The van der Waals surface area contributed by atoms with E-state index in [0.717, 1.165) is 62.1 Å². The molecule has 1 heterocycles.